The number of carbonyl (C=O) groups is 2. The van der Waals surface area contributed by atoms with Crippen LogP contribution in [-0.2, 0) is 14.3 Å². The summed E-state index contributed by atoms with van der Waals surface area (Å²) in [6.45, 7) is 0.520. The van der Waals surface area contributed by atoms with Crippen LogP contribution in [-0.4, -0.2) is 30.9 Å². The van der Waals surface area contributed by atoms with Crippen LogP contribution in [0.3, 0.4) is 0 Å². The van der Waals surface area contributed by atoms with Crippen LogP contribution in [0, 0.1) is 0 Å². The number of fused-ring (bicyclic) bond motifs is 1. The molecule has 1 N–H and O–H groups in total. The van der Waals surface area contributed by atoms with Crippen molar-refractivity contribution in [1.29, 1.82) is 0 Å². The number of esters is 2. The molecule has 1 aliphatic heterocycles. The average Bonchev–Trinajstić information content (AvgIpc) is 2.66. The number of benzene rings is 2. The van der Waals surface area contributed by atoms with E-state index in [1.807, 2.05) is 18.2 Å². The van der Waals surface area contributed by atoms with Crippen LogP contribution >= 0.6 is 0 Å². The van der Waals surface area contributed by atoms with E-state index in [-0.39, 0.29) is 18.9 Å². The molecule has 2 aromatic rings. The second-order valence-electron chi connectivity index (χ2n) is 5.46. The molecule has 2 aromatic carbocycles. The molecular formula is C19H18N2O4. The number of nitrogens with one attached hydrogen (secondary N) is 1. The molecule has 1 heterocycles. The molecule has 6 heteroatoms. The summed E-state index contributed by atoms with van der Waals surface area (Å²) in [6.07, 6.45) is 1.22. The Morgan fingerprint density at radius 3 is 2.20 bits per heavy atom. The van der Waals surface area contributed by atoms with Gasteiger partial charge in [0.1, 0.15) is 0 Å². The molecule has 1 aliphatic rings. The Morgan fingerprint density at radius 1 is 0.800 bits per heavy atom. The van der Waals surface area contributed by atoms with Crippen LogP contribution in [0.4, 0.5) is 5.69 Å². The maximum atomic E-state index is 12.4. The second kappa shape index (κ2) is 8.10. The first kappa shape index (κ1) is 16.7. The van der Waals surface area contributed by atoms with Gasteiger partial charge in [0.25, 0.3) is 0 Å². The highest BCUT2D eigenvalue weighted by atomic mass is 16.5. The van der Waals surface area contributed by atoms with E-state index in [9.17, 15) is 9.59 Å². The number of anilines is 1. The SMILES string of the molecule is O=C1OCCCCOC(=O)c2ccccc2NN=C1c1ccccc1. The van der Waals surface area contributed by atoms with Crippen molar-refractivity contribution in [2.75, 3.05) is 18.6 Å². The Bertz CT molecular complexity index is 787. The number of rotatable bonds is 1. The molecule has 0 aromatic heterocycles. The van der Waals surface area contributed by atoms with Gasteiger partial charge >= 0.3 is 11.9 Å². The molecule has 0 fully saturated rings. The van der Waals surface area contributed by atoms with Crippen LogP contribution < -0.4 is 5.43 Å². The van der Waals surface area contributed by atoms with Crippen LogP contribution in [0.5, 0.6) is 0 Å². The number of hydrazone groups is 1. The first-order chi connectivity index (χ1) is 12.3. The van der Waals surface area contributed by atoms with Crippen molar-refractivity contribution in [3.05, 3.63) is 65.7 Å². The van der Waals surface area contributed by atoms with Gasteiger partial charge in [0.05, 0.1) is 24.5 Å². The monoisotopic (exact) mass is 338 g/mol. The molecule has 6 nitrogen and oxygen atoms in total. The number of para-hydroxylation sites is 1. The fourth-order valence-corrected chi connectivity index (χ4v) is 2.38. The molecule has 128 valence electrons. The number of cyclic esters (lactones) is 2. The van der Waals surface area contributed by atoms with Crippen molar-refractivity contribution in [3.63, 3.8) is 0 Å². The minimum atomic E-state index is -0.511. The molecule has 3 rings (SSSR count). The molecule has 25 heavy (non-hydrogen) atoms. The standard InChI is InChI=1S/C19H18N2O4/c22-18-15-10-4-5-11-16(15)20-21-17(14-8-2-1-3-9-14)19(23)25-13-7-6-12-24-18/h1-5,8-11,20H,6-7,12-13H2. The van der Waals surface area contributed by atoms with Gasteiger partial charge in [-0.25, -0.2) is 9.59 Å². The topological polar surface area (TPSA) is 77.0 Å². The molecule has 0 aliphatic carbocycles. The van der Waals surface area contributed by atoms with E-state index in [1.165, 1.54) is 0 Å². The summed E-state index contributed by atoms with van der Waals surface area (Å²) < 4.78 is 10.5. The van der Waals surface area contributed by atoms with Crippen LogP contribution in [0.15, 0.2) is 59.7 Å². The first-order valence-corrected chi connectivity index (χ1v) is 8.08. The number of carbonyl (C=O) groups excluding carboxylic acids is 2. The third-order valence-corrected chi connectivity index (χ3v) is 3.68. The Labute approximate surface area is 145 Å². The maximum Gasteiger partial charge on any atom is 0.359 e. The van der Waals surface area contributed by atoms with Crippen molar-refractivity contribution in [3.8, 4) is 0 Å². The summed E-state index contributed by atoms with van der Waals surface area (Å²) in [6, 6.07) is 15.9. The summed E-state index contributed by atoms with van der Waals surface area (Å²) in [5, 5.41) is 4.20. The minimum absolute atomic E-state index is 0.156. The maximum absolute atomic E-state index is 12.4. The molecule has 0 unspecified atom stereocenters. The van der Waals surface area contributed by atoms with Gasteiger partial charge in [-0.15, -0.1) is 0 Å². The molecule has 0 radical (unpaired) electrons. The highest BCUT2D eigenvalue weighted by Gasteiger charge is 2.18. The predicted molar refractivity (Wildman–Crippen MR) is 93.5 cm³/mol. The zero-order valence-electron chi connectivity index (χ0n) is 13.6. The van der Waals surface area contributed by atoms with Crippen molar-refractivity contribution < 1.29 is 19.1 Å². The van der Waals surface area contributed by atoms with Crippen LogP contribution in [0.2, 0.25) is 0 Å². The van der Waals surface area contributed by atoms with Crippen molar-refractivity contribution in [2.24, 2.45) is 5.10 Å². The van der Waals surface area contributed by atoms with Crippen LogP contribution in [0.1, 0.15) is 28.8 Å². The van der Waals surface area contributed by atoms with E-state index in [0.29, 0.717) is 29.7 Å². The summed E-state index contributed by atoms with van der Waals surface area (Å²) in [4.78, 5) is 24.6. The molecule has 0 saturated heterocycles. The molecule has 0 bridgehead atoms. The number of hydrogen-bond donors (Lipinski definition) is 1. The summed E-state index contributed by atoms with van der Waals surface area (Å²) >= 11 is 0. The Morgan fingerprint density at radius 2 is 1.44 bits per heavy atom. The number of hydrogen-bond acceptors (Lipinski definition) is 6. The molecule has 0 amide bonds. The lowest BCUT2D eigenvalue weighted by Crippen LogP contribution is -2.21. The number of nitrogens with zero attached hydrogens (tertiary/aromatic N) is 1. The lowest BCUT2D eigenvalue weighted by atomic mass is 10.1. The third-order valence-electron chi connectivity index (χ3n) is 3.68. The van der Waals surface area contributed by atoms with Gasteiger partial charge in [-0.05, 0) is 25.0 Å². The third kappa shape index (κ3) is 4.23. The van der Waals surface area contributed by atoms with Gasteiger partial charge in [-0.2, -0.15) is 5.10 Å². The Hall–Kier alpha value is -3.15. The van der Waals surface area contributed by atoms with E-state index in [4.69, 9.17) is 9.47 Å². The fourth-order valence-electron chi connectivity index (χ4n) is 2.38. The van der Waals surface area contributed by atoms with Crippen molar-refractivity contribution >= 4 is 23.3 Å². The van der Waals surface area contributed by atoms with E-state index in [2.05, 4.69) is 10.5 Å². The largest absolute Gasteiger partial charge is 0.462 e. The predicted octanol–water partition coefficient (Wildman–Crippen LogP) is 3.00. The number of ether oxygens (including phenoxy) is 2. The van der Waals surface area contributed by atoms with Crippen LogP contribution in [0.25, 0.3) is 0 Å². The molecule has 0 spiro atoms. The Kier molecular flexibility index (Phi) is 5.41. The van der Waals surface area contributed by atoms with Gasteiger partial charge in [0.2, 0.25) is 0 Å². The quantitative estimate of drug-likeness (QED) is 0.809. The van der Waals surface area contributed by atoms with Gasteiger partial charge in [0, 0.05) is 5.56 Å². The lowest BCUT2D eigenvalue weighted by molar-refractivity contribution is -0.135. The molecular weight excluding hydrogens is 320 g/mol. The van der Waals surface area contributed by atoms with Gasteiger partial charge in [-0.3, -0.25) is 5.43 Å². The van der Waals surface area contributed by atoms with E-state index in [1.54, 1.807) is 36.4 Å². The normalized spacial score (nSPS) is 15.9. The second-order valence-corrected chi connectivity index (χ2v) is 5.46. The fraction of sp³-hybridized carbons (Fsp3) is 0.211. The van der Waals surface area contributed by atoms with E-state index < -0.39 is 11.9 Å². The van der Waals surface area contributed by atoms with Crippen molar-refractivity contribution in [1.82, 2.24) is 0 Å². The summed E-state index contributed by atoms with van der Waals surface area (Å²) in [5.41, 5.74) is 4.42. The molecule has 0 atom stereocenters. The smallest absolute Gasteiger partial charge is 0.359 e. The molecule has 0 saturated carbocycles. The van der Waals surface area contributed by atoms with E-state index in [0.717, 1.165) is 0 Å². The zero-order valence-corrected chi connectivity index (χ0v) is 13.6. The van der Waals surface area contributed by atoms with Gasteiger partial charge < -0.3 is 9.47 Å². The van der Waals surface area contributed by atoms with Gasteiger partial charge in [0.15, 0.2) is 5.71 Å². The lowest BCUT2D eigenvalue weighted by Gasteiger charge is -2.09. The van der Waals surface area contributed by atoms with E-state index >= 15 is 0 Å². The highest BCUT2D eigenvalue weighted by Crippen LogP contribution is 2.17. The zero-order chi connectivity index (χ0) is 17.5. The summed E-state index contributed by atoms with van der Waals surface area (Å²) in [7, 11) is 0. The Balaban J connectivity index is 1.98. The first-order valence-electron chi connectivity index (χ1n) is 8.08. The minimum Gasteiger partial charge on any atom is -0.462 e. The van der Waals surface area contributed by atoms with Gasteiger partial charge in [-0.1, -0.05) is 42.5 Å². The highest BCUT2D eigenvalue weighted by molar-refractivity contribution is 6.43. The van der Waals surface area contributed by atoms with Crippen molar-refractivity contribution in [2.45, 2.75) is 12.8 Å². The summed E-state index contributed by atoms with van der Waals surface area (Å²) in [5.74, 6) is -0.936. The average molecular weight is 338 g/mol.